The summed E-state index contributed by atoms with van der Waals surface area (Å²) in [7, 11) is -3.69. The lowest BCUT2D eigenvalue weighted by atomic mass is 9.47. The molecule has 3 saturated carbocycles. The normalized spacial score (nSPS) is 39.4. The molecule has 4 aliphatic carbocycles. The fourth-order valence-corrected chi connectivity index (χ4v) is 8.49. The molecule has 3 fully saturated rings. The topological polar surface area (TPSA) is 99.0 Å². The number of hydrogen-bond donors (Lipinski definition) is 3. The van der Waals surface area contributed by atoms with Gasteiger partial charge in [-0.05, 0) is 88.2 Å². The SMILES string of the molecule is Cc1ccc(S(=O)(=O)NN=C2CC[C@H]3[C@@H]4CCC5=CC(O)CC[C@]5(CO)[C@@H]4CC[C@]23C)cc1. The van der Waals surface area contributed by atoms with Gasteiger partial charge in [0.1, 0.15) is 0 Å². The third-order valence-corrected chi connectivity index (χ3v) is 10.7. The van der Waals surface area contributed by atoms with Gasteiger partial charge in [0.05, 0.1) is 17.6 Å². The van der Waals surface area contributed by atoms with Gasteiger partial charge in [-0.15, -0.1) is 0 Å². The molecule has 3 N–H and O–H groups in total. The number of fused-ring (bicyclic) bond motifs is 5. The molecule has 5 rings (SSSR count). The molecule has 1 unspecified atom stereocenters. The Morgan fingerprint density at radius 1 is 1.06 bits per heavy atom. The molecular formula is C26H36N2O4S. The molecule has 0 saturated heterocycles. The van der Waals surface area contributed by atoms with Crippen molar-refractivity contribution in [2.75, 3.05) is 6.61 Å². The van der Waals surface area contributed by atoms with Crippen molar-refractivity contribution in [3.8, 4) is 0 Å². The van der Waals surface area contributed by atoms with Gasteiger partial charge in [-0.25, -0.2) is 4.83 Å². The smallest absolute Gasteiger partial charge is 0.276 e. The Morgan fingerprint density at radius 3 is 2.55 bits per heavy atom. The van der Waals surface area contributed by atoms with E-state index < -0.39 is 10.0 Å². The van der Waals surface area contributed by atoms with Crippen LogP contribution in [0.4, 0.5) is 0 Å². The minimum absolute atomic E-state index is 0.108. The van der Waals surface area contributed by atoms with Crippen LogP contribution >= 0.6 is 0 Å². The Hall–Kier alpha value is -1.70. The molecule has 0 spiro atoms. The van der Waals surface area contributed by atoms with Crippen LogP contribution in [0.25, 0.3) is 0 Å². The summed E-state index contributed by atoms with van der Waals surface area (Å²) in [6.07, 6.45) is 9.05. The van der Waals surface area contributed by atoms with E-state index >= 15 is 0 Å². The quantitative estimate of drug-likeness (QED) is 0.457. The molecule has 1 aromatic rings. The first-order chi connectivity index (χ1) is 15.7. The maximum Gasteiger partial charge on any atom is 0.276 e. The lowest BCUT2D eigenvalue weighted by Crippen LogP contribution is -2.53. The predicted molar refractivity (Wildman–Crippen MR) is 128 cm³/mol. The van der Waals surface area contributed by atoms with Crippen molar-refractivity contribution in [1.29, 1.82) is 0 Å². The van der Waals surface area contributed by atoms with Crippen LogP contribution in [0, 0.1) is 35.5 Å². The van der Waals surface area contributed by atoms with E-state index in [1.807, 2.05) is 13.0 Å². The number of sulfonamides is 1. The van der Waals surface area contributed by atoms with E-state index in [-0.39, 0.29) is 28.4 Å². The summed E-state index contributed by atoms with van der Waals surface area (Å²) in [4.78, 5) is 2.75. The van der Waals surface area contributed by atoms with Crippen LogP contribution in [0.15, 0.2) is 45.9 Å². The average molecular weight is 473 g/mol. The van der Waals surface area contributed by atoms with Crippen LogP contribution in [0.5, 0.6) is 0 Å². The number of hydrazone groups is 1. The van der Waals surface area contributed by atoms with E-state index in [1.54, 1.807) is 24.3 Å². The Balaban J connectivity index is 1.39. The molecular weight excluding hydrogens is 436 g/mol. The summed E-state index contributed by atoms with van der Waals surface area (Å²) >= 11 is 0. The zero-order valence-corrected chi connectivity index (χ0v) is 20.4. The van der Waals surface area contributed by atoms with E-state index in [1.165, 1.54) is 5.57 Å². The summed E-state index contributed by atoms with van der Waals surface area (Å²) in [6.45, 7) is 4.36. The molecule has 6 nitrogen and oxygen atoms in total. The van der Waals surface area contributed by atoms with E-state index in [9.17, 15) is 18.6 Å². The van der Waals surface area contributed by atoms with Gasteiger partial charge in [-0.2, -0.15) is 13.5 Å². The number of rotatable bonds is 4. The monoisotopic (exact) mass is 472 g/mol. The number of nitrogens with one attached hydrogen (secondary N) is 1. The zero-order valence-electron chi connectivity index (χ0n) is 19.6. The van der Waals surface area contributed by atoms with E-state index in [0.717, 1.165) is 62.6 Å². The maximum atomic E-state index is 12.8. The molecule has 0 bridgehead atoms. The Labute approximate surface area is 197 Å². The number of nitrogens with zero attached hydrogens (tertiary/aromatic N) is 1. The second-order valence-corrected chi connectivity index (χ2v) is 12.6. The van der Waals surface area contributed by atoms with Crippen molar-refractivity contribution in [2.24, 2.45) is 33.7 Å². The lowest BCUT2D eigenvalue weighted by molar-refractivity contribution is -0.0574. The first kappa shape index (κ1) is 23.1. The molecule has 0 radical (unpaired) electrons. The number of aliphatic hydroxyl groups is 2. The first-order valence-electron chi connectivity index (χ1n) is 12.4. The molecule has 0 heterocycles. The molecule has 4 aliphatic rings. The third kappa shape index (κ3) is 3.67. The summed E-state index contributed by atoms with van der Waals surface area (Å²) in [6, 6.07) is 6.82. The van der Waals surface area contributed by atoms with Crippen molar-refractivity contribution in [2.45, 2.75) is 76.2 Å². The van der Waals surface area contributed by atoms with Gasteiger partial charge in [0.25, 0.3) is 10.0 Å². The Kier molecular flexibility index (Phi) is 5.73. The highest BCUT2D eigenvalue weighted by Crippen LogP contribution is 2.64. The Bertz CT molecular complexity index is 1080. The van der Waals surface area contributed by atoms with Crippen LogP contribution < -0.4 is 4.83 Å². The minimum atomic E-state index is -3.69. The molecule has 33 heavy (non-hydrogen) atoms. The second kappa shape index (κ2) is 8.21. The standard InChI is InChI=1S/C26H36N2O4S/c1-17-3-6-20(7-4-17)33(31,32)28-27-24-10-9-22-21-8-5-18-15-19(30)11-14-26(18,16-29)23(21)12-13-25(22,24)2/h3-4,6-7,15,19,21-23,28-30H,5,8-14,16H2,1-2H3/t19?,21-,22-,23+,25-,26+/m0/s1. The first-order valence-corrected chi connectivity index (χ1v) is 13.8. The van der Waals surface area contributed by atoms with Crippen LogP contribution in [-0.4, -0.2) is 37.1 Å². The molecule has 7 heteroatoms. The second-order valence-electron chi connectivity index (χ2n) is 11.0. The highest BCUT2D eigenvalue weighted by atomic mass is 32.2. The predicted octanol–water partition coefficient (Wildman–Crippen LogP) is 3.93. The number of aryl methyl sites for hydroxylation is 1. The third-order valence-electron chi connectivity index (χ3n) is 9.47. The van der Waals surface area contributed by atoms with Crippen LogP contribution in [0.1, 0.15) is 63.9 Å². The summed E-state index contributed by atoms with van der Waals surface area (Å²) in [5.74, 6) is 1.39. The number of benzene rings is 1. The van der Waals surface area contributed by atoms with Crippen molar-refractivity contribution in [3.05, 3.63) is 41.5 Å². The van der Waals surface area contributed by atoms with Crippen LogP contribution in [0.2, 0.25) is 0 Å². The maximum absolute atomic E-state index is 12.8. The fourth-order valence-electron chi connectivity index (χ4n) is 7.66. The summed E-state index contributed by atoms with van der Waals surface area (Å²) < 4.78 is 25.6. The highest BCUT2D eigenvalue weighted by molar-refractivity contribution is 7.89. The molecule has 0 amide bonds. The van der Waals surface area contributed by atoms with E-state index in [2.05, 4.69) is 16.9 Å². The van der Waals surface area contributed by atoms with Gasteiger partial charge < -0.3 is 10.2 Å². The largest absolute Gasteiger partial charge is 0.395 e. The van der Waals surface area contributed by atoms with Crippen molar-refractivity contribution >= 4 is 15.7 Å². The molecule has 180 valence electrons. The van der Waals surface area contributed by atoms with Crippen molar-refractivity contribution in [3.63, 3.8) is 0 Å². The fraction of sp³-hybridized carbons (Fsp3) is 0.654. The summed E-state index contributed by atoms with van der Waals surface area (Å²) in [5.41, 5.74) is 2.97. The summed E-state index contributed by atoms with van der Waals surface area (Å²) in [5, 5.41) is 25.2. The van der Waals surface area contributed by atoms with Gasteiger partial charge in [0.15, 0.2) is 0 Å². The van der Waals surface area contributed by atoms with Crippen molar-refractivity contribution in [1.82, 2.24) is 4.83 Å². The van der Waals surface area contributed by atoms with Crippen LogP contribution in [0.3, 0.4) is 0 Å². The van der Waals surface area contributed by atoms with Crippen LogP contribution in [-0.2, 0) is 10.0 Å². The Morgan fingerprint density at radius 2 is 1.82 bits per heavy atom. The van der Waals surface area contributed by atoms with Gasteiger partial charge in [-0.1, -0.05) is 36.3 Å². The number of aliphatic hydroxyl groups excluding tert-OH is 2. The van der Waals surface area contributed by atoms with Crippen molar-refractivity contribution < 1.29 is 18.6 Å². The average Bonchev–Trinajstić information content (AvgIpc) is 3.14. The molecule has 0 aromatic heterocycles. The highest BCUT2D eigenvalue weighted by Gasteiger charge is 2.59. The van der Waals surface area contributed by atoms with E-state index in [0.29, 0.717) is 17.8 Å². The molecule has 6 atom stereocenters. The van der Waals surface area contributed by atoms with Gasteiger partial charge in [0, 0.05) is 16.5 Å². The number of hydrogen-bond acceptors (Lipinski definition) is 5. The van der Waals surface area contributed by atoms with E-state index in [4.69, 9.17) is 0 Å². The van der Waals surface area contributed by atoms with Gasteiger partial charge in [-0.3, -0.25) is 0 Å². The molecule has 1 aromatic carbocycles. The van der Waals surface area contributed by atoms with Gasteiger partial charge in [0.2, 0.25) is 0 Å². The van der Waals surface area contributed by atoms with Gasteiger partial charge >= 0.3 is 0 Å². The zero-order chi connectivity index (χ0) is 23.4. The lowest BCUT2D eigenvalue weighted by Gasteiger charge is -2.58. The molecule has 0 aliphatic heterocycles. The minimum Gasteiger partial charge on any atom is -0.395 e.